The zero-order valence-corrected chi connectivity index (χ0v) is 13.2. The van der Waals surface area contributed by atoms with Crippen molar-refractivity contribution >= 4 is 21.4 Å². The summed E-state index contributed by atoms with van der Waals surface area (Å²) in [6, 6.07) is 2.02. The molecule has 0 radical (unpaired) electrons. The van der Waals surface area contributed by atoms with E-state index in [4.69, 9.17) is 5.73 Å². The molecule has 19 heavy (non-hydrogen) atoms. The van der Waals surface area contributed by atoms with Gasteiger partial charge in [0.25, 0.3) is 10.0 Å². The molecule has 0 aliphatic carbocycles. The zero-order valence-electron chi connectivity index (χ0n) is 11.6. The average molecular weight is 302 g/mol. The van der Waals surface area contributed by atoms with Gasteiger partial charge in [-0.1, -0.05) is 6.42 Å². The quantitative estimate of drug-likeness (QED) is 0.928. The molecule has 4 nitrogen and oxygen atoms in total. The Morgan fingerprint density at radius 1 is 1.42 bits per heavy atom. The maximum Gasteiger partial charge on any atom is 0.253 e. The van der Waals surface area contributed by atoms with Crippen molar-refractivity contribution in [2.45, 2.75) is 49.8 Å². The zero-order chi connectivity index (χ0) is 14.0. The van der Waals surface area contributed by atoms with Crippen molar-refractivity contribution in [3.05, 3.63) is 16.5 Å². The van der Waals surface area contributed by atoms with Crippen LogP contribution >= 0.6 is 11.3 Å². The predicted octanol–water partition coefficient (Wildman–Crippen LogP) is 2.26. The van der Waals surface area contributed by atoms with Crippen molar-refractivity contribution in [3.8, 4) is 0 Å². The van der Waals surface area contributed by atoms with Crippen molar-refractivity contribution in [2.24, 2.45) is 5.73 Å². The molecule has 1 aliphatic heterocycles. The first-order chi connectivity index (χ1) is 8.96. The summed E-state index contributed by atoms with van der Waals surface area (Å²) in [6.07, 6.45) is 3.73. The van der Waals surface area contributed by atoms with Gasteiger partial charge < -0.3 is 5.73 Å². The summed E-state index contributed by atoms with van der Waals surface area (Å²) in [4.78, 5) is 1.04. The maximum absolute atomic E-state index is 12.8. The van der Waals surface area contributed by atoms with Crippen molar-refractivity contribution in [3.63, 3.8) is 0 Å². The van der Waals surface area contributed by atoms with Gasteiger partial charge in [0.05, 0.1) is 0 Å². The van der Waals surface area contributed by atoms with Crippen molar-refractivity contribution in [2.75, 3.05) is 13.1 Å². The van der Waals surface area contributed by atoms with Crippen LogP contribution in [-0.2, 0) is 10.0 Å². The Morgan fingerprint density at radius 3 is 2.74 bits per heavy atom. The molecule has 1 aliphatic rings. The Kier molecular flexibility index (Phi) is 4.66. The SMILES string of the molecule is Cc1cc(C)c(S(=O)(=O)N2CCCCC2CCN)s1. The highest BCUT2D eigenvalue weighted by molar-refractivity contribution is 7.91. The molecule has 0 aromatic carbocycles. The third-order valence-corrected chi connectivity index (χ3v) is 7.33. The van der Waals surface area contributed by atoms with Crippen LogP contribution in [0.5, 0.6) is 0 Å². The number of hydrogen-bond acceptors (Lipinski definition) is 4. The summed E-state index contributed by atoms with van der Waals surface area (Å²) in [5.41, 5.74) is 6.48. The number of piperidine rings is 1. The summed E-state index contributed by atoms with van der Waals surface area (Å²) in [5.74, 6) is 0. The van der Waals surface area contributed by atoms with Crippen molar-refractivity contribution < 1.29 is 8.42 Å². The van der Waals surface area contributed by atoms with Crippen LogP contribution in [0.4, 0.5) is 0 Å². The number of rotatable bonds is 4. The smallest absolute Gasteiger partial charge is 0.253 e. The lowest BCUT2D eigenvalue weighted by Gasteiger charge is -2.34. The normalized spacial score (nSPS) is 21.7. The van der Waals surface area contributed by atoms with E-state index in [2.05, 4.69) is 0 Å². The maximum atomic E-state index is 12.8. The summed E-state index contributed by atoms with van der Waals surface area (Å²) >= 11 is 1.37. The second-order valence-electron chi connectivity index (χ2n) is 5.17. The number of nitrogens with zero attached hydrogens (tertiary/aromatic N) is 1. The first-order valence-electron chi connectivity index (χ1n) is 6.75. The highest BCUT2D eigenvalue weighted by Crippen LogP contribution is 2.32. The highest BCUT2D eigenvalue weighted by atomic mass is 32.2. The minimum Gasteiger partial charge on any atom is -0.330 e. The topological polar surface area (TPSA) is 63.4 Å². The second kappa shape index (κ2) is 5.91. The Bertz CT molecular complexity index is 535. The van der Waals surface area contributed by atoms with Crippen molar-refractivity contribution in [1.29, 1.82) is 0 Å². The largest absolute Gasteiger partial charge is 0.330 e. The molecule has 0 spiro atoms. The molecule has 6 heteroatoms. The van der Waals surface area contributed by atoms with Gasteiger partial charge in [-0.15, -0.1) is 11.3 Å². The Balaban J connectivity index is 2.34. The molecule has 1 saturated heterocycles. The lowest BCUT2D eigenvalue weighted by molar-refractivity contribution is 0.243. The number of hydrogen-bond donors (Lipinski definition) is 1. The standard InChI is InChI=1S/C13H22N2O2S2/c1-10-9-11(2)18-13(10)19(16,17)15-8-4-3-5-12(15)6-7-14/h9,12H,3-8,14H2,1-2H3. The first-order valence-corrected chi connectivity index (χ1v) is 9.01. The van der Waals surface area contributed by atoms with E-state index in [9.17, 15) is 8.42 Å². The second-order valence-corrected chi connectivity index (χ2v) is 8.51. The van der Waals surface area contributed by atoms with Crippen LogP contribution in [0.15, 0.2) is 10.3 Å². The van der Waals surface area contributed by atoms with Crippen LogP contribution < -0.4 is 5.73 Å². The molecule has 2 heterocycles. The van der Waals surface area contributed by atoms with Gasteiger partial charge in [-0.2, -0.15) is 4.31 Å². The average Bonchev–Trinajstić information content (AvgIpc) is 2.70. The monoisotopic (exact) mass is 302 g/mol. The molecule has 0 bridgehead atoms. The van der Waals surface area contributed by atoms with Gasteiger partial charge >= 0.3 is 0 Å². The fourth-order valence-electron chi connectivity index (χ4n) is 2.75. The molecule has 108 valence electrons. The Morgan fingerprint density at radius 2 is 2.16 bits per heavy atom. The summed E-state index contributed by atoms with van der Waals surface area (Å²) in [6.45, 7) is 4.99. The molecule has 0 saturated carbocycles. The third kappa shape index (κ3) is 3.02. The van der Waals surface area contributed by atoms with Crippen LogP contribution in [0.3, 0.4) is 0 Å². The van der Waals surface area contributed by atoms with Gasteiger partial charge in [0.2, 0.25) is 0 Å². The molecule has 1 atom stereocenters. The highest BCUT2D eigenvalue weighted by Gasteiger charge is 2.34. The minimum atomic E-state index is -3.35. The van der Waals surface area contributed by atoms with E-state index in [-0.39, 0.29) is 6.04 Å². The number of thiophene rings is 1. The Hall–Kier alpha value is -0.430. The van der Waals surface area contributed by atoms with E-state index in [1.165, 1.54) is 11.3 Å². The van der Waals surface area contributed by atoms with Gasteiger partial charge in [-0.05, 0) is 51.3 Å². The first kappa shape index (κ1) is 15.0. The van der Waals surface area contributed by atoms with Gasteiger partial charge in [-0.3, -0.25) is 0 Å². The van der Waals surface area contributed by atoms with Crippen LogP contribution in [-0.4, -0.2) is 31.9 Å². The van der Waals surface area contributed by atoms with E-state index in [1.807, 2.05) is 19.9 Å². The number of sulfonamides is 1. The molecule has 2 rings (SSSR count). The molecule has 1 fully saturated rings. The fraction of sp³-hybridized carbons (Fsp3) is 0.692. The van der Waals surface area contributed by atoms with Crippen molar-refractivity contribution in [1.82, 2.24) is 4.31 Å². The number of nitrogens with two attached hydrogens (primary N) is 1. The van der Waals surface area contributed by atoms with Crippen LogP contribution in [0, 0.1) is 13.8 Å². The molecule has 1 unspecified atom stereocenters. The van der Waals surface area contributed by atoms with Crippen LogP contribution in [0.25, 0.3) is 0 Å². The Labute approximate surface area is 119 Å². The summed E-state index contributed by atoms with van der Waals surface area (Å²) < 4.78 is 27.8. The molecular formula is C13H22N2O2S2. The molecule has 2 N–H and O–H groups in total. The third-order valence-electron chi connectivity index (χ3n) is 3.61. The molecule has 0 amide bonds. The van der Waals surface area contributed by atoms with Crippen LogP contribution in [0.2, 0.25) is 0 Å². The van der Waals surface area contributed by atoms with Gasteiger partial charge in [0.15, 0.2) is 0 Å². The summed E-state index contributed by atoms with van der Waals surface area (Å²) in [7, 11) is -3.35. The van der Waals surface area contributed by atoms with Gasteiger partial charge in [-0.25, -0.2) is 8.42 Å². The molecule has 1 aromatic heterocycles. The summed E-state index contributed by atoms with van der Waals surface area (Å²) in [5, 5.41) is 0. The van der Waals surface area contributed by atoms with Gasteiger partial charge in [0.1, 0.15) is 4.21 Å². The predicted molar refractivity (Wildman–Crippen MR) is 79.0 cm³/mol. The molecule has 1 aromatic rings. The molecular weight excluding hydrogens is 280 g/mol. The van der Waals surface area contributed by atoms with E-state index >= 15 is 0 Å². The van der Waals surface area contributed by atoms with Gasteiger partial charge in [0, 0.05) is 17.5 Å². The van der Waals surface area contributed by atoms with E-state index < -0.39 is 10.0 Å². The lowest BCUT2D eigenvalue weighted by atomic mass is 10.0. The number of aryl methyl sites for hydroxylation is 2. The van der Waals surface area contributed by atoms with E-state index in [0.29, 0.717) is 17.3 Å². The lowest BCUT2D eigenvalue weighted by Crippen LogP contribution is -2.44. The van der Waals surface area contributed by atoms with E-state index in [0.717, 1.165) is 36.1 Å². The van der Waals surface area contributed by atoms with E-state index in [1.54, 1.807) is 4.31 Å². The van der Waals surface area contributed by atoms with Crippen LogP contribution in [0.1, 0.15) is 36.1 Å². The fourth-order valence-corrected chi connectivity index (χ4v) is 6.26. The minimum absolute atomic E-state index is 0.0746.